The maximum Gasteiger partial charge on any atom is 0.321 e. The van der Waals surface area contributed by atoms with Crippen LogP contribution in [-0.2, 0) is 17.8 Å². The average Bonchev–Trinajstić information content (AvgIpc) is 3.16. The molecular formula is C26H31N3O3. The number of carboxylic acid groups (broad SMARTS) is 1. The lowest BCUT2D eigenvalue weighted by atomic mass is 9.89. The highest BCUT2D eigenvalue weighted by Gasteiger charge is 2.34. The molecule has 2 heterocycles. The highest BCUT2D eigenvalue weighted by atomic mass is 16.5. The second-order valence-corrected chi connectivity index (χ2v) is 8.59. The Balaban J connectivity index is 1.77. The van der Waals surface area contributed by atoms with E-state index in [4.69, 9.17) is 4.74 Å². The first kappa shape index (κ1) is 22.1. The summed E-state index contributed by atoms with van der Waals surface area (Å²) in [4.78, 5) is 17.8. The minimum Gasteiger partial charge on any atom is -0.496 e. The average molecular weight is 434 g/mol. The number of hydrogen-bond donors (Lipinski definition) is 3. The van der Waals surface area contributed by atoms with E-state index in [1.807, 2.05) is 37.3 Å². The van der Waals surface area contributed by atoms with Crippen molar-refractivity contribution in [3.63, 3.8) is 0 Å². The van der Waals surface area contributed by atoms with Gasteiger partial charge >= 0.3 is 5.97 Å². The Morgan fingerprint density at radius 3 is 2.75 bits per heavy atom. The van der Waals surface area contributed by atoms with Gasteiger partial charge in [-0.15, -0.1) is 0 Å². The molecule has 2 aromatic carbocycles. The molecule has 0 radical (unpaired) electrons. The van der Waals surface area contributed by atoms with E-state index in [0.29, 0.717) is 6.42 Å². The molecule has 0 unspecified atom stereocenters. The molecule has 4 rings (SSSR count). The van der Waals surface area contributed by atoms with Gasteiger partial charge in [0.25, 0.3) is 0 Å². The number of carboxylic acids is 1. The topological polar surface area (TPSA) is 77.6 Å². The molecule has 3 N–H and O–H groups in total. The van der Waals surface area contributed by atoms with E-state index >= 15 is 0 Å². The van der Waals surface area contributed by atoms with E-state index < -0.39 is 12.0 Å². The van der Waals surface area contributed by atoms with Crippen molar-refractivity contribution in [3.05, 3.63) is 77.0 Å². The Labute approximate surface area is 188 Å². The maximum atomic E-state index is 11.9. The number of fused-ring (bicyclic) bond motifs is 3. The molecule has 0 aliphatic carbocycles. The second kappa shape index (κ2) is 9.18. The fraction of sp³-hybridized carbons (Fsp3) is 0.346. The molecule has 2 atom stereocenters. The number of carbonyl (C=O) groups is 1. The fourth-order valence-corrected chi connectivity index (χ4v) is 4.66. The van der Waals surface area contributed by atoms with Crippen molar-refractivity contribution in [1.82, 2.24) is 15.2 Å². The van der Waals surface area contributed by atoms with Crippen LogP contribution < -0.4 is 10.1 Å². The van der Waals surface area contributed by atoms with Crippen LogP contribution in [0.5, 0.6) is 5.75 Å². The van der Waals surface area contributed by atoms with Gasteiger partial charge in [-0.2, -0.15) is 0 Å². The number of likely N-dealkylation sites (N-methyl/N-ethyl adjacent to an activating group) is 1. The summed E-state index contributed by atoms with van der Waals surface area (Å²) < 4.78 is 5.64. The van der Waals surface area contributed by atoms with Crippen LogP contribution in [0.1, 0.15) is 42.3 Å². The molecule has 1 aromatic heterocycles. The van der Waals surface area contributed by atoms with Gasteiger partial charge in [-0.05, 0) is 42.8 Å². The molecule has 32 heavy (non-hydrogen) atoms. The number of nitrogens with one attached hydrogen (secondary N) is 2. The predicted octanol–water partition coefficient (Wildman–Crippen LogP) is 4.26. The monoisotopic (exact) mass is 433 g/mol. The highest BCUT2D eigenvalue weighted by molar-refractivity contribution is 5.87. The summed E-state index contributed by atoms with van der Waals surface area (Å²) in [6, 6.07) is 13.3. The van der Waals surface area contributed by atoms with Crippen LogP contribution in [-0.4, -0.2) is 47.2 Å². The van der Waals surface area contributed by atoms with Crippen LogP contribution in [0.25, 0.3) is 10.9 Å². The van der Waals surface area contributed by atoms with Gasteiger partial charge in [0.2, 0.25) is 0 Å². The number of ether oxygens (including phenoxy) is 1. The quantitative estimate of drug-likeness (QED) is 0.463. The van der Waals surface area contributed by atoms with Crippen molar-refractivity contribution >= 4 is 16.9 Å². The summed E-state index contributed by atoms with van der Waals surface area (Å²) in [6.45, 7) is 10.7. The van der Waals surface area contributed by atoms with E-state index in [1.165, 1.54) is 0 Å². The first-order valence-corrected chi connectivity index (χ1v) is 11.0. The summed E-state index contributed by atoms with van der Waals surface area (Å²) in [5.41, 5.74) is 6.35. The number of aromatic amines is 1. The van der Waals surface area contributed by atoms with Crippen LogP contribution in [0.3, 0.4) is 0 Å². The highest BCUT2D eigenvalue weighted by Crippen LogP contribution is 2.36. The molecule has 1 aliphatic rings. The molecule has 0 amide bonds. The van der Waals surface area contributed by atoms with E-state index in [0.717, 1.165) is 64.2 Å². The summed E-state index contributed by atoms with van der Waals surface area (Å²) >= 11 is 0. The number of para-hydroxylation sites is 1. The number of methoxy groups -OCH3 is 1. The van der Waals surface area contributed by atoms with Crippen molar-refractivity contribution in [2.75, 3.05) is 20.2 Å². The van der Waals surface area contributed by atoms with Crippen LogP contribution in [0.4, 0.5) is 0 Å². The molecule has 6 heteroatoms. The number of H-pyrrole nitrogens is 1. The second-order valence-electron chi connectivity index (χ2n) is 8.59. The number of benzene rings is 2. The Hall–Kier alpha value is -3.09. The SMILES string of the molecule is C=C(C)CN(CC)Cc1cc([C@H]2N[C@@H](C(=O)O)Cc3c2[nH]c2ccccc32)ccc1OC. The molecule has 0 saturated heterocycles. The lowest BCUT2D eigenvalue weighted by Gasteiger charge is -2.30. The van der Waals surface area contributed by atoms with Gasteiger partial charge in [0, 0.05) is 41.7 Å². The number of nitrogens with zero attached hydrogens (tertiary/aromatic N) is 1. The molecule has 0 fully saturated rings. The van der Waals surface area contributed by atoms with Crippen LogP contribution in [0.15, 0.2) is 54.6 Å². The zero-order valence-corrected chi connectivity index (χ0v) is 18.9. The largest absolute Gasteiger partial charge is 0.496 e. The summed E-state index contributed by atoms with van der Waals surface area (Å²) in [6.07, 6.45) is 0.455. The number of aromatic nitrogens is 1. The van der Waals surface area contributed by atoms with Crippen molar-refractivity contribution in [2.24, 2.45) is 0 Å². The van der Waals surface area contributed by atoms with Gasteiger partial charge < -0.3 is 14.8 Å². The Morgan fingerprint density at radius 1 is 1.28 bits per heavy atom. The third kappa shape index (κ3) is 4.29. The van der Waals surface area contributed by atoms with Gasteiger partial charge in [-0.1, -0.05) is 43.3 Å². The smallest absolute Gasteiger partial charge is 0.321 e. The summed E-state index contributed by atoms with van der Waals surface area (Å²) in [5.74, 6) is -0.00494. The van der Waals surface area contributed by atoms with Crippen molar-refractivity contribution in [3.8, 4) is 5.75 Å². The Morgan fingerprint density at radius 2 is 2.06 bits per heavy atom. The molecule has 0 saturated carbocycles. The number of hydrogen-bond acceptors (Lipinski definition) is 4. The van der Waals surface area contributed by atoms with Gasteiger partial charge in [0.15, 0.2) is 0 Å². The zero-order valence-electron chi connectivity index (χ0n) is 18.9. The first-order chi connectivity index (χ1) is 15.4. The van der Waals surface area contributed by atoms with Crippen LogP contribution >= 0.6 is 0 Å². The number of rotatable bonds is 8. The molecule has 6 nitrogen and oxygen atoms in total. The first-order valence-electron chi connectivity index (χ1n) is 11.0. The predicted molar refractivity (Wildman–Crippen MR) is 127 cm³/mol. The molecule has 1 aliphatic heterocycles. The van der Waals surface area contributed by atoms with Gasteiger partial charge in [0.1, 0.15) is 11.8 Å². The van der Waals surface area contributed by atoms with E-state index in [2.05, 4.69) is 40.8 Å². The third-order valence-corrected chi connectivity index (χ3v) is 6.18. The van der Waals surface area contributed by atoms with Crippen molar-refractivity contribution < 1.29 is 14.6 Å². The summed E-state index contributed by atoms with van der Waals surface area (Å²) in [7, 11) is 1.68. The fourth-order valence-electron chi connectivity index (χ4n) is 4.66. The third-order valence-electron chi connectivity index (χ3n) is 6.18. The van der Waals surface area contributed by atoms with E-state index in [1.54, 1.807) is 7.11 Å². The van der Waals surface area contributed by atoms with Crippen molar-refractivity contribution in [1.29, 1.82) is 0 Å². The van der Waals surface area contributed by atoms with Gasteiger partial charge in [-0.3, -0.25) is 15.0 Å². The normalized spacial score (nSPS) is 18.0. The lowest BCUT2D eigenvalue weighted by molar-refractivity contribution is -0.139. The molecule has 168 valence electrons. The summed E-state index contributed by atoms with van der Waals surface area (Å²) in [5, 5.41) is 14.2. The van der Waals surface area contributed by atoms with Crippen LogP contribution in [0.2, 0.25) is 0 Å². The molecule has 0 bridgehead atoms. The maximum absolute atomic E-state index is 11.9. The molecular weight excluding hydrogens is 402 g/mol. The molecule has 0 spiro atoms. The Kier molecular flexibility index (Phi) is 6.35. The minimum absolute atomic E-state index is 0.242. The minimum atomic E-state index is -0.835. The Bertz CT molecular complexity index is 1150. The number of aliphatic carboxylic acids is 1. The zero-order chi connectivity index (χ0) is 22.8. The standard InChI is InChI=1S/C26H31N3O3/c1-5-29(14-16(2)3)15-18-12-17(10-11-23(18)32-4)24-25-20(13-22(28-24)26(30)31)19-8-6-7-9-21(19)27-25/h6-12,22,24,27-28H,2,5,13-15H2,1,3-4H3,(H,30,31)/t22-,24-/m1/s1. The molecule has 3 aromatic rings. The van der Waals surface area contributed by atoms with E-state index in [-0.39, 0.29) is 6.04 Å². The van der Waals surface area contributed by atoms with Crippen molar-refractivity contribution in [2.45, 2.75) is 38.9 Å². The van der Waals surface area contributed by atoms with E-state index in [9.17, 15) is 9.90 Å². The van der Waals surface area contributed by atoms with Gasteiger partial charge in [0.05, 0.1) is 13.2 Å². The lowest BCUT2D eigenvalue weighted by Crippen LogP contribution is -2.45. The van der Waals surface area contributed by atoms with Crippen LogP contribution in [0, 0.1) is 0 Å². The van der Waals surface area contributed by atoms with Gasteiger partial charge in [-0.25, -0.2) is 0 Å².